The van der Waals surface area contributed by atoms with Crippen LogP contribution in [-0.4, -0.2) is 39.3 Å². The average molecular weight is 358 g/mol. The molecule has 0 radical (unpaired) electrons. The van der Waals surface area contributed by atoms with E-state index in [0.29, 0.717) is 28.4 Å². The number of phenols is 1. The third-order valence-corrected chi connectivity index (χ3v) is 3.97. The molecule has 0 aromatic heterocycles. The highest BCUT2D eigenvalue weighted by Crippen LogP contribution is 2.50. The minimum atomic E-state index is -0.324. The van der Waals surface area contributed by atoms with Crippen LogP contribution in [-0.2, 0) is 0 Å². The highest BCUT2D eigenvalue weighted by Gasteiger charge is 2.34. The lowest BCUT2D eigenvalue weighted by Crippen LogP contribution is -1.99. The van der Waals surface area contributed by atoms with Gasteiger partial charge in [0.2, 0.25) is 17.3 Å². The van der Waals surface area contributed by atoms with Crippen molar-refractivity contribution in [3.8, 4) is 34.5 Å². The van der Waals surface area contributed by atoms with Crippen molar-refractivity contribution in [1.29, 1.82) is 0 Å². The Morgan fingerprint density at radius 1 is 0.923 bits per heavy atom. The van der Waals surface area contributed by atoms with Crippen molar-refractivity contribution in [2.45, 2.75) is 0 Å². The molecule has 1 aliphatic heterocycles. The summed E-state index contributed by atoms with van der Waals surface area (Å²) in [6, 6.07) is 6.32. The number of rotatable bonds is 5. The number of benzene rings is 2. The first-order chi connectivity index (χ1) is 12.5. The smallest absolute Gasteiger partial charge is 0.232 e. The van der Waals surface area contributed by atoms with E-state index in [1.807, 2.05) is 0 Å². The normalized spacial score (nSPS) is 14.0. The van der Waals surface area contributed by atoms with Crippen LogP contribution in [0.4, 0.5) is 0 Å². The van der Waals surface area contributed by atoms with Crippen LogP contribution in [0.5, 0.6) is 34.5 Å². The van der Waals surface area contributed by atoms with Gasteiger partial charge in [-0.1, -0.05) is 6.07 Å². The van der Waals surface area contributed by atoms with Crippen LogP contribution in [0.1, 0.15) is 15.9 Å². The molecule has 0 spiro atoms. The predicted molar refractivity (Wildman–Crippen MR) is 93.7 cm³/mol. The van der Waals surface area contributed by atoms with Gasteiger partial charge in [-0.05, 0) is 29.8 Å². The molecule has 3 rings (SSSR count). The molecule has 1 N–H and O–H groups in total. The Balaban J connectivity index is 2.06. The monoisotopic (exact) mass is 358 g/mol. The van der Waals surface area contributed by atoms with E-state index in [2.05, 4.69) is 0 Å². The van der Waals surface area contributed by atoms with Crippen molar-refractivity contribution < 1.29 is 33.6 Å². The number of ketones is 1. The van der Waals surface area contributed by atoms with Gasteiger partial charge in [0.25, 0.3) is 0 Å². The summed E-state index contributed by atoms with van der Waals surface area (Å²) in [6.07, 6.45) is 1.53. The molecule has 1 aliphatic rings. The third kappa shape index (κ3) is 2.77. The number of carbonyl (C=O) groups is 1. The Hall–Kier alpha value is -3.35. The third-order valence-electron chi connectivity index (χ3n) is 3.97. The van der Waals surface area contributed by atoms with Gasteiger partial charge in [0.1, 0.15) is 0 Å². The van der Waals surface area contributed by atoms with Crippen LogP contribution < -0.4 is 23.7 Å². The average Bonchev–Trinajstić information content (AvgIpc) is 2.95. The lowest BCUT2D eigenvalue weighted by atomic mass is 10.1. The van der Waals surface area contributed by atoms with Gasteiger partial charge in [-0.15, -0.1) is 0 Å². The van der Waals surface area contributed by atoms with Gasteiger partial charge in [-0.3, -0.25) is 4.79 Å². The van der Waals surface area contributed by atoms with Crippen molar-refractivity contribution in [3.05, 3.63) is 41.2 Å². The quantitative estimate of drug-likeness (QED) is 0.823. The topological polar surface area (TPSA) is 83.5 Å². The molecule has 26 heavy (non-hydrogen) atoms. The van der Waals surface area contributed by atoms with Crippen LogP contribution in [0.25, 0.3) is 6.08 Å². The van der Waals surface area contributed by atoms with Crippen LogP contribution in [0.2, 0.25) is 0 Å². The molecule has 0 fully saturated rings. The van der Waals surface area contributed by atoms with Gasteiger partial charge in [-0.2, -0.15) is 0 Å². The van der Waals surface area contributed by atoms with E-state index >= 15 is 0 Å². The molecule has 7 nitrogen and oxygen atoms in total. The molecule has 0 saturated heterocycles. The van der Waals surface area contributed by atoms with Crippen LogP contribution in [0.15, 0.2) is 30.0 Å². The van der Waals surface area contributed by atoms with E-state index < -0.39 is 0 Å². The Labute approximate surface area is 150 Å². The number of ether oxygens (including phenoxy) is 5. The fourth-order valence-corrected chi connectivity index (χ4v) is 2.73. The van der Waals surface area contributed by atoms with E-state index in [1.165, 1.54) is 40.6 Å². The van der Waals surface area contributed by atoms with Gasteiger partial charge >= 0.3 is 0 Å². The van der Waals surface area contributed by atoms with E-state index in [4.69, 9.17) is 23.7 Å². The maximum atomic E-state index is 12.7. The minimum absolute atomic E-state index is 0.0364. The van der Waals surface area contributed by atoms with Crippen molar-refractivity contribution in [3.63, 3.8) is 0 Å². The van der Waals surface area contributed by atoms with Crippen LogP contribution >= 0.6 is 0 Å². The molecular formula is C19H18O7. The zero-order valence-corrected chi connectivity index (χ0v) is 14.8. The van der Waals surface area contributed by atoms with Gasteiger partial charge < -0.3 is 28.8 Å². The Morgan fingerprint density at radius 2 is 1.62 bits per heavy atom. The van der Waals surface area contributed by atoms with E-state index in [1.54, 1.807) is 18.2 Å². The molecule has 2 aromatic rings. The Bertz CT molecular complexity index is 899. The molecule has 1 heterocycles. The zero-order chi connectivity index (χ0) is 18.8. The van der Waals surface area contributed by atoms with Gasteiger partial charge in [0.05, 0.1) is 34.0 Å². The highest BCUT2D eigenvalue weighted by atomic mass is 16.6. The molecule has 136 valence electrons. The number of hydrogen-bond acceptors (Lipinski definition) is 7. The lowest BCUT2D eigenvalue weighted by molar-refractivity contribution is 0.101. The molecule has 0 saturated carbocycles. The van der Waals surface area contributed by atoms with Crippen molar-refractivity contribution in [2.24, 2.45) is 0 Å². The first-order valence-corrected chi connectivity index (χ1v) is 7.68. The largest absolute Gasteiger partial charge is 0.504 e. The standard InChI is InChI=1S/C19H18O7/c1-22-13-6-5-10(7-12(13)20)8-14-16(21)11-9-15(23-2)18(24-3)19(25-4)17(11)26-14/h5-9,20H,1-4H3/b14-8+. The van der Waals surface area contributed by atoms with E-state index in [9.17, 15) is 9.90 Å². The number of phenolic OH excluding ortho intramolecular Hbond substituents is 1. The fourth-order valence-electron chi connectivity index (χ4n) is 2.73. The van der Waals surface area contributed by atoms with Gasteiger partial charge in [-0.25, -0.2) is 0 Å². The number of hydrogen-bond donors (Lipinski definition) is 1. The first kappa shape index (κ1) is 17.5. The van der Waals surface area contributed by atoms with E-state index in [-0.39, 0.29) is 28.8 Å². The molecule has 0 amide bonds. The van der Waals surface area contributed by atoms with Gasteiger partial charge in [0, 0.05) is 0 Å². The summed E-state index contributed by atoms with van der Waals surface area (Å²) >= 11 is 0. The lowest BCUT2D eigenvalue weighted by Gasteiger charge is -2.14. The summed E-state index contributed by atoms with van der Waals surface area (Å²) in [4.78, 5) is 12.7. The number of carbonyl (C=O) groups excluding carboxylic acids is 1. The summed E-state index contributed by atoms with van der Waals surface area (Å²) in [7, 11) is 5.86. The number of methoxy groups -OCH3 is 4. The number of aromatic hydroxyl groups is 1. The molecule has 7 heteroatoms. The summed E-state index contributed by atoms with van der Waals surface area (Å²) in [5.74, 6) is 1.31. The summed E-state index contributed by atoms with van der Waals surface area (Å²) < 4.78 is 26.7. The van der Waals surface area contributed by atoms with Crippen molar-refractivity contribution in [2.75, 3.05) is 28.4 Å². The van der Waals surface area contributed by atoms with Gasteiger partial charge in [0.15, 0.2) is 28.8 Å². The second-order valence-electron chi connectivity index (χ2n) is 5.39. The van der Waals surface area contributed by atoms with Crippen LogP contribution in [0.3, 0.4) is 0 Å². The highest BCUT2D eigenvalue weighted by molar-refractivity contribution is 6.15. The zero-order valence-electron chi connectivity index (χ0n) is 14.8. The fraction of sp³-hybridized carbons (Fsp3) is 0.211. The molecular weight excluding hydrogens is 340 g/mol. The Kier molecular flexibility index (Phi) is 4.62. The summed E-state index contributed by atoms with van der Waals surface area (Å²) in [5.41, 5.74) is 0.890. The summed E-state index contributed by atoms with van der Waals surface area (Å²) in [5, 5.41) is 9.89. The second kappa shape index (κ2) is 6.87. The Morgan fingerprint density at radius 3 is 2.19 bits per heavy atom. The first-order valence-electron chi connectivity index (χ1n) is 7.68. The molecule has 0 unspecified atom stereocenters. The van der Waals surface area contributed by atoms with E-state index in [0.717, 1.165) is 0 Å². The predicted octanol–water partition coefficient (Wildman–Crippen LogP) is 3.04. The maximum Gasteiger partial charge on any atom is 0.232 e. The molecule has 0 atom stereocenters. The second-order valence-corrected chi connectivity index (χ2v) is 5.39. The van der Waals surface area contributed by atoms with Crippen molar-refractivity contribution in [1.82, 2.24) is 0 Å². The minimum Gasteiger partial charge on any atom is -0.504 e. The van der Waals surface area contributed by atoms with Crippen molar-refractivity contribution >= 4 is 11.9 Å². The molecule has 0 aliphatic carbocycles. The maximum absolute atomic E-state index is 12.7. The number of fused-ring (bicyclic) bond motifs is 1. The molecule has 2 aromatic carbocycles. The van der Waals surface area contributed by atoms with Crippen LogP contribution in [0, 0.1) is 0 Å². The molecule has 0 bridgehead atoms. The number of allylic oxidation sites excluding steroid dienone is 1. The summed E-state index contributed by atoms with van der Waals surface area (Å²) in [6.45, 7) is 0. The number of Topliss-reactive ketones (excluding diaryl/α,β-unsaturated/α-hetero) is 1. The SMILES string of the molecule is COc1ccc(/C=C2/Oc3c(cc(OC)c(OC)c3OC)C2=O)cc1O.